The zero-order valence-corrected chi connectivity index (χ0v) is 10.1. The number of halogens is 2. The molecule has 0 atom stereocenters. The Balaban J connectivity index is 2.17. The summed E-state index contributed by atoms with van der Waals surface area (Å²) in [6, 6.07) is 8.20. The average molecular weight is 243 g/mol. The number of hydrogen-bond acceptors (Lipinski definition) is 2. The Kier molecular flexibility index (Phi) is 6.74. The summed E-state index contributed by atoms with van der Waals surface area (Å²) in [5.41, 5.74) is 2.57. The molecule has 0 aliphatic rings. The molecule has 0 spiro atoms. The van der Waals surface area contributed by atoms with Crippen LogP contribution in [0.4, 0.5) is 8.78 Å². The molecule has 1 aromatic rings. The fraction of sp³-hybridized carbons (Fsp3) is 0.538. The first-order valence-electron chi connectivity index (χ1n) is 5.87. The molecule has 0 fully saturated rings. The predicted molar refractivity (Wildman–Crippen MR) is 64.3 cm³/mol. The Morgan fingerprint density at radius 1 is 1.24 bits per heavy atom. The summed E-state index contributed by atoms with van der Waals surface area (Å²) < 4.78 is 28.3. The van der Waals surface area contributed by atoms with Gasteiger partial charge in [-0.25, -0.2) is 8.78 Å². The van der Waals surface area contributed by atoms with E-state index in [2.05, 4.69) is 24.4 Å². The van der Waals surface area contributed by atoms with Gasteiger partial charge in [-0.1, -0.05) is 31.2 Å². The molecular formula is C13H19F2NO. The molecule has 17 heavy (non-hydrogen) atoms. The van der Waals surface area contributed by atoms with Gasteiger partial charge < -0.3 is 10.1 Å². The fourth-order valence-electron chi connectivity index (χ4n) is 1.61. The molecule has 1 rings (SSSR count). The molecule has 1 aromatic carbocycles. The van der Waals surface area contributed by atoms with Crippen LogP contribution in [0.5, 0.6) is 0 Å². The van der Waals surface area contributed by atoms with Gasteiger partial charge in [-0.15, -0.1) is 0 Å². The number of benzene rings is 1. The summed E-state index contributed by atoms with van der Waals surface area (Å²) in [5, 5.41) is 3.18. The minimum absolute atomic E-state index is 0.318. The van der Waals surface area contributed by atoms with Gasteiger partial charge >= 0.3 is 0 Å². The third-order valence-electron chi connectivity index (χ3n) is 2.48. The Labute approximate surface area is 101 Å². The summed E-state index contributed by atoms with van der Waals surface area (Å²) in [7, 11) is 0. The van der Waals surface area contributed by atoms with Crippen LogP contribution in [0.25, 0.3) is 0 Å². The Bertz CT molecular complexity index is 318. The molecule has 0 heterocycles. The van der Waals surface area contributed by atoms with Gasteiger partial charge in [0.1, 0.15) is 6.61 Å². The first kappa shape index (κ1) is 14.1. The van der Waals surface area contributed by atoms with Crippen LogP contribution in [0.3, 0.4) is 0 Å². The lowest BCUT2D eigenvalue weighted by atomic mass is 10.1. The number of aryl methyl sites for hydroxylation is 1. The van der Waals surface area contributed by atoms with E-state index < -0.39 is 13.0 Å². The van der Waals surface area contributed by atoms with Crippen LogP contribution in [0.2, 0.25) is 0 Å². The van der Waals surface area contributed by atoms with E-state index in [4.69, 9.17) is 4.74 Å². The minimum atomic E-state index is -2.38. The standard InChI is InChI=1S/C13H19F2NO/c1-2-11-5-3-4-6-12(11)9-16-7-8-17-10-13(14)15/h3-6,13,16H,2,7-10H2,1H3. The van der Waals surface area contributed by atoms with Crippen molar-refractivity contribution in [1.82, 2.24) is 5.32 Å². The van der Waals surface area contributed by atoms with Gasteiger partial charge in [-0.2, -0.15) is 0 Å². The molecule has 4 heteroatoms. The molecule has 0 aliphatic carbocycles. The molecular weight excluding hydrogens is 224 g/mol. The fourth-order valence-corrected chi connectivity index (χ4v) is 1.61. The van der Waals surface area contributed by atoms with Crippen LogP contribution in [-0.4, -0.2) is 26.2 Å². The molecule has 0 bridgehead atoms. The number of alkyl halides is 2. The highest BCUT2D eigenvalue weighted by Gasteiger charge is 2.01. The van der Waals surface area contributed by atoms with E-state index in [0.29, 0.717) is 13.2 Å². The van der Waals surface area contributed by atoms with Crippen LogP contribution in [0.15, 0.2) is 24.3 Å². The molecule has 0 unspecified atom stereocenters. The molecule has 0 aliphatic heterocycles. The van der Waals surface area contributed by atoms with Crippen LogP contribution >= 0.6 is 0 Å². The van der Waals surface area contributed by atoms with Crippen LogP contribution in [0, 0.1) is 0 Å². The van der Waals surface area contributed by atoms with Crippen molar-refractivity contribution in [2.24, 2.45) is 0 Å². The van der Waals surface area contributed by atoms with Gasteiger partial charge in [0.05, 0.1) is 6.61 Å². The van der Waals surface area contributed by atoms with Gasteiger partial charge in [-0.05, 0) is 17.5 Å². The number of nitrogens with one attached hydrogen (secondary N) is 1. The highest BCUT2D eigenvalue weighted by atomic mass is 19.3. The molecule has 0 saturated heterocycles. The number of hydrogen-bond donors (Lipinski definition) is 1. The SMILES string of the molecule is CCc1ccccc1CNCCOCC(F)F. The van der Waals surface area contributed by atoms with E-state index in [1.54, 1.807) is 0 Å². The van der Waals surface area contributed by atoms with Gasteiger partial charge in [0.15, 0.2) is 0 Å². The predicted octanol–water partition coefficient (Wildman–Crippen LogP) is 2.62. The normalized spacial score (nSPS) is 11.1. The van der Waals surface area contributed by atoms with E-state index in [-0.39, 0.29) is 0 Å². The molecule has 0 radical (unpaired) electrons. The number of rotatable bonds is 8. The van der Waals surface area contributed by atoms with Crippen molar-refractivity contribution in [3.63, 3.8) is 0 Å². The van der Waals surface area contributed by atoms with Gasteiger partial charge in [-0.3, -0.25) is 0 Å². The van der Waals surface area contributed by atoms with Crippen molar-refractivity contribution in [3.05, 3.63) is 35.4 Å². The van der Waals surface area contributed by atoms with Crippen LogP contribution < -0.4 is 5.32 Å². The van der Waals surface area contributed by atoms with Crippen LogP contribution in [-0.2, 0) is 17.7 Å². The highest BCUT2D eigenvalue weighted by Crippen LogP contribution is 2.08. The van der Waals surface area contributed by atoms with E-state index >= 15 is 0 Å². The summed E-state index contributed by atoms with van der Waals surface area (Å²) in [6.07, 6.45) is -1.38. The summed E-state index contributed by atoms with van der Waals surface area (Å²) in [4.78, 5) is 0. The quantitative estimate of drug-likeness (QED) is 0.709. The van der Waals surface area contributed by atoms with Crippen molar-refractivity contribution in [3.8, 4) is 0 Å². The molecule has 1 N–H and O–H groups in total. The molecule has 0 aromatic heterocycles. The molecule has 0 amide bonds. The second-order valence-corrected chi connectivity index (χ2v) is 3.77. The third-order valence-corrected chi connectivity index (χ3v) is 2.48. The Morgan fingerprint density at radius 3 is 2.59 bits per heavy atom. The lowest BCUT2D eigenvalue weighted by Gasteiger charge is -2.09. The Morgan fingerprint density at radius 2 is 1.94 bits per heavy atom. The maximum atomic E-state index is 11.8. The largest absolute Gasteiger partial charge is 0.374 e. The summed E-state index contributed by atoms with van der Waals surface area (Å²) >= 11 is 0. The number of ether oxygens (including phenoxy) is 1. The topological polar surface area (TPSA) is 21.3 Å². The first-order chi connectivity index (χ1) is 8.24. The minimum Gasteiger partial charge on any atom is -0.374 e. The lowest BCUT2D eigenvalue weighted by Crippen LogP contribution is -2.21. The van der Waals surface area contributed by atoms with E-state index in [9.17, 15) is 8.78 Å². The first-order valence-corrected chi connectivity index (χ1v) is 5.87. The summed E-state index contributed by atoms with van der Waals surface area (Å²) in [6.45, 7) is 3.29. The van der Waals surface area contributed by atoms with Crippen molar-refractivity contribution < 1.29 is 13.5 Å². The van der Waals surface area contributed by atoms with Crippen molar-refractivity contribution in [2.75, 3.05) is 19.8 Å². The zero-order chi connectivity index (χ0) is 12.5. The highest BCUT2D eigenvalue weighted by molar-refractivity contribution is 5.26. The van der Waals surface area contributed by atoms with Crippen molar-refractivity contribution in [2.45, 2.75) is 26.3 Å². The van der Waals surface area contributed by atoms with Crippen molar-refractivity contribution >= 4 is 0 Å². The maximum Gasteiger partial charge on any atom is 0.261 e. The second-order valence-electron chi connectivity index (χ2n) is 3.77. The van der Waals surface area contributed by atoms with E-state index in [0.717, 1.165) is 13.0 Å². The zero-order valence-electron chi connectivity index (χ0n) is 10.1. The summed E-state index contributed by atoms with van der Waals surface area (Å²) in [5.74, 6) is 0. The van der Waals surface area contributed by atoms with Crippen LogP contribution in [0.1, 0.15) is 18.1 Å². The second kappa shape index (κ2) is 8.14. The van der Waals surface area contributed by atoms with Gasteiger partial charge in [0, 0.05) is 13.1 Å². The molecule has 0 saturated carbocycles. The third kappa shape index (κ3) is 5.75. The maximum absolute atomic E-state index is 11.8. The lowest BCUT2D eigenvalue weighted by molar-refractivity contribution is 0.0187. The average Bonchev–Trinajstić information content (AvgIpc) is 2.33. The van der Waals surface area contributed by atoms with E-state index in [1.807, 2.05) is 12.1 Å². The molecule has 96 valence electrons. The molecule has 2 nitrogen and oxygen atoms in total. The van der Waals surface area contributed by atoms with E-state index in [1.165, 1.54) is 11.1 Å². The van der Waals surface area contributed by atoms with Gasteiger partial charge in [0.2, 0.25) is 0 Å². The monoisotopic (exact) mass is 243 g/mol. The smallest absolute Gasteiger partial charge is 0.261 e. The Hall–Kier alpha value is -1.00. The van der Waals surface area contributed by atoms with Gasteiger partial charge in [0.25, 0.3) is 6.43 Å². The van der Waals surface area contributed by atoms with Crippen molar-refractivity contribution in [1.29, 1.82) is 0 Å².